The SMILES string of the molecule is COc1ccc(C(N)=O)cc1NCC#Cc1nc2c(C)cccn2c1SC(F)(F)F. The van der Waals surface area contributed by atoms with Gasteiger partial charge < -0.3 is 15.8 Å². The smallest absolute Gasteiger partial charge is 0.447 e. The Kier molecular flexibility index (Phi) is 6.12. The Hall–Kier alpha value is -3.32. The van der Waals surface area contributed by atoms with Crippen molar-refractivity contribution in [3.63, 3.8) is 0 Å². The molecule has 2 heterocycles. The number of nitrogens with zero attached hydrogens (tertiary/aromatic N) is 2. The number of fused-ring (bicyclic) bond motifs is 1. The van der Waals surface area contributed by atoms with Gasteiger partial charge in [0.15, 0.2) is 0 Å². The number of amides is 1. The number of alkyl halides is 3. The fourth-order valence-corrected chi connectivity index (χ4v) is 3.40. The summed E-state index contributed by atoms with van der Waals surface area (Å²) in [6, 6.07) is 8.04. The summed E-state index contributed by atoms with van der Waals surface area (Å²) >= 11 is -0.256. The number of pyridine rings is 1. The Bertz CT molecular complexity index is 1160. The van der Waals surface area contributed by atoms with Gasteiger partial charge >= 0.3 is 5.51 Å². The van der Waals surface area contributed by atoms with Crippen molar-refractivity contribution in [3.8, 4) is 17.6 Å². The molecule has 3 rings (SSSR count). The van der Waals surface area contributed by atoms with Crippen LogP contribution in [0.15, 0.2) is 41.6 Å². The fraction of sp³-hybridized carbons (Fsp3) is 0.200. The number of thioether (sulfide) groups is 1. The molecule has 0 saturated carbocycles. The van der Waals surface area contributed by atoms with E-state index in [1.807, 2.05) is 0 Å². The first-order valence-electron chi connectivity index (χ1n) is 8.63. The summed E-state index contributed by atoms with van der Waals surface area (Å²) < 4.78 is 45.7. The zero-order chi connectivity index (χ0) is 21.9. The number of aromatic nitrogens is 2. The number of carbonyl (C=O) groups is 1. The highest BCUT2D eigenvalue weighted by molar-refractivity contribution is 8.00. The van der Waals surface area contributed by atoms with Crippen molar-refractivity contribution < 1.29 is 22.7 Å². The minimum absolute atomic E-state index is 0.0336. The van der Waals surface area contributed by atoms with Gasteiger partial charge in [0.2, 0.25) is 5.91 Å². The number of halogens is 3. The fourth-order valence-electron chi connectivity index (χ4n) is 2.74. The highest BCUT2D eigenvalue weighted by atomic mass is 32.2. The molecule has 6 nitrogen and oxygen atoms in total. The molecule has 3 aromatic rings. The van der Waals surface area contributed by atoms with Crippen LogP contribution in [0.1, 0.15) is 21.6 Å². The number of rotatable bonds is 5. The Labute approximate surface area is 174 Å². The van der Waals surface area contributed by atoms with Gasteiger partial charge in [-0.05, 0) is 42.7 Å². The number of primary amides is 1. The molecule has 1 amide bonds. The third-order valence-corrected chi connectivity index (χ3v) is 4.89. The molecular formula is C20H17F3N4O2S. The molecule has 0 aliphatic heterocycles. The molecule has 0 radical (unpaired) electrons. The van der Waals surface area contributed by atoms with Crippen molar-refractivity contribution in [3.05, 3.63) is 53.3 Å². The maximum Gasteiger partial charge on any atom is 0.447 e. The maximum atomic E-state index is 13.0. The van der Waals surface area contributed by atoms with E-state index in [-0.39, 0.29) is 34.6 Å². The minimum Gasteiger partial charge on any atom is -0.495 e. The van der Waals surface area contributed by atoms with Gasteiger partial charge in [0.1, 0.15) is 22.1 Å². The number of aryl methyl sites for hydroxylation is 1. The molecule has 0 atom stereocenters. The van der Waals surface area contributed by atoms with Crippen molar-refractivity contribution in [2.75, 3.05) is 19.0 Å². The van der Waals surface area contributed by atoms with Gasteiger partial charge in [-0.1, -0.05) is 12.0 Å². The number of methoxy groups -OCH3 is 1. The van der Waals surface area contributed by atoms with Gasteiger partial charge in [0, 0.05) is 23.5 Å². The molecule has 0 saturated heterocycles. The summed E-state index contributed by atoms with van der Waals surface area (Å²) in [4.78, 5) is 15.6. The lowest BCUT2D eigenvalue weighted by atomic mass is 10.1. The average Bonchev–Trinajstić information content (AvgIpc) is 3.02. The number of hydrogen-bond acceptors (Lipinski definition) is 5. The van der Waals surface area contributed by atoms with Crippen LogP contribution in [-0.2, 0) is 0 Å². The highest BCUT2D eigenvalue weighted by Crippen LogP contribution is 2.39. The van der Waals surface area contributed by atoms with Crippen LogP contribution in [0.5, 0.6) is 5.75 Å². The van der Waals surface area contributed by atoms with Crippen molar-refractivity contribution in [1.82, 2.24) is 9.38 Å². The molecule has 0 aliphatic carbocycles. The number of anilines is 1. The standard InChI is InChI=1S/C20H17F3N4O2S/c1-12-5-4-10-27-18(12)26-14(19(27)30-20(21,22)23)6-3-9-25-15-11-13(17(24)28)7-8-16(15)29-2/h4-5,7-8,10-11,25H,9H2,1-2H3,(H2,24,28). The van der Waals surface area contributed by atoms with E-state index in [0.29, 0.717) is 17.1 Å². The molecule has 0 aliphatic rings. The highest BCUT2D eigenvalue weighted by Gasteiger charge is 2.32. The normalized spacial score (nSPS) is 11.1. The van der Waals surface area contributed by atoms with Gasteiger partial charge in [-0.2, -0.15) is 13.2 Å². The van der Waals surface area contributed by atoms with Crippen molar-refractivity contribution in [2.45, 2.75) is 17.5 Å². The molecule has 0 spiro atoms. The van der Waals surface area contributed by atoms with Crippen molar-refractivity contribution in [1.29, 1.82) is 0 Å². The summed E-state index contributed by atoms with van der Waals surface area (Å²) in [5.74, 6) is 5.34. The van der Waals surface area contributed by atoms with Crippen molar-refractivity contribution >= 4 is 29.0 Å². The second-order valence-electron chi connectivity index (χ2n) is 6.13. The van der Waals surface area contributed by atoms with Crippen LogP contribution < -0.4 is 15.8 Å². The predicted molar refractivity (Wildman–Crippen MR) is 109 cm³/mol. The Morgan fingerprint density at radius 1 is 1.37 bits per heavy atom. The lowest BCUT2D eigenvalue weighted by Crippen LogP contribution is -2.12. The van der Waals surface area contributed by atoms with E-state index in [1.54, 1.807) is 25.1 Å². The number of benzene rings is 1. The summed E-state index contributed by atoms with van der Waals surface area (Å²) in [5, 5.41) is 2.88. The third kappa shape index (κ3) is 4.80. The molecule has 30 heavy (non-hydrogen) atoms. The van der Waals surface area contributed by atoms with Crippen molar-refractivity contribution in [2.24, 2.45) is 5.73 Å². The molecule has 156 valence electrons. The monoisotopic (exact) mass is 434 g/mol. The van der Waals surface area contributed by atoms with Gasteiger partial charge in [-0.3, -0.25) is 9.20 Å². The molecule has 0 unspecified atom stereocenters. The van der Waals surface area contributed by atoms with E-state index in [4.69, 9.17) is 10.5 Å². The Balaban J connectivity index is 1.88. The van der Waals surface area contributed by atoms with Crippen LogP contribution in [-0.4, -0.2) is 34.5 Å². The van der Waals surface area contributed by atoms with Gasteiger partial charge in [0.05, 0.1) is 19.3 Å². The molecular weight excluding hydrogens is 417 g/mol. The first-order chi connectivity index (χ1) is 14.2. The molecule has 1 aromatic carbocycles. The van der Waals surface area contributed by atoms with E-state index in [0.717, 1.165) is 5.56 Å². The lowest BCUT2D eigenvalue weighted by molar-refractivity contribution is -0.0330. The molecule has 0 fully saturated rings. The summed E-state index contributed by atoms with van der Waals surface area (Å²) in [6.45, 7) is 1.85. The number of ether oxygens (including phenoxy) is 1. The summed E-state index contributed by atoms with van der Waals surface area (Å²) in [6.07, 6.45) is 1.52. The zero-order valence-electron chi connectivity index (χ0n) is 16.0. The van der Waals surface area contributed by atoms with Gasteiger partial charge in [0.25, 0.3) is 0 Å². The van der Waals surface area contributed by atoms with Crippen LogP contribution in [0, 0.1) is 18.8 Å². The quantitative estimate of drug-likeness (QED) is 0.471. The third-order valence-electron chi connectivity index (χ3n) is 4.07. The number of carbonyl (C=O) groups excluding carboxylic acids is 1. The molecule has 3 N–H and O–H groups in total. The largest absolute Gasteiger partial charge is 0.495 e. The first-order valence-corrected chi connectivity index (χ1v) is 9.45. The second-order valence-corrected chi connectivity index (χ2v) is 7.19. The lowest BCUT2D eigenvalue weighted by Gasteiger charge is -2.10. The van der Waals surface area contributed by atoms with E-state index in [9.17, 15) is 18.0 Å². The Morgan fingerprint density at radius 2 is 2.13 bits per heavy atom. The second kappa shape index (κ2) is 8.59. The zero-order valence-corrected chi connectivity index (χ0v) is 16.8. The summed E-state index contributed by atoms with van der Waals surface area (Å²) in [5.41, 5.74) is 2.76. The average molecular weight is 434 g/mol. The number of imidazole rings is 1. The van der Waals surface area contributed by atoms with Gasteiger partial charge in [-0.25, -0.2) is 4.98 Å². The number of nitrogens with one attached hydrogen (secondary N) is 1. The number of nitrogens with two attached hydrogens (primary N) is 1. The van der Waals surface area contributed by atoms with E-state index in [1.165, 1.54) is 29.8 Å². The molecule has 0 bridgehead atoms. The van der Waals surface area contributed by atoms with Crippen LogP contribution in [0.4, 0.5) is 18.9 Å². The van der Waals surface area contributed by atoms with Gasteiger partial charge in [-0.15, -0.1) is 0 Å². The minimum atomic E-state index is -4.48. The maximum absolute atomic E-state index is 13.0. The van der Waals surface area contributed by atoms with E-state index in [2.05, 4.69) is 22.1 Å². The van der Waals surface area contributed by atoms with E-state index < -0.39 is 11.4 Å². The van der Waals surface area contributed by atoms with E-state index >= 15 is 0 Å². The van der Waals surface area contributed by atoms with Crippen LogP contribution >= 0.6 is 11.8 Å². The first kappa shape index (κ1) is 21.4. The van der Waals surface area contributed by atoms with Crippen LogP contribution in [0.25, 0.3) is 5.65 Å². The summed E-state index contributed by atoms with van der Waals surface area (Å²) in [7, 11) is 1.47. The topological polar surface area (TPSA) is 81.6 Å². The van der Waals surface area contributed by atoms with Crippen LogP contribution in [0.2, 0.25) is 0 Å². The van der Waals surface area contributed by atoms with Crippen LogP contribution in [0.3, 0.4) is 0 Å². The molecule has 2 aromatic heterocycles. The number of hydrogen-bond donors (Lipinski definition) is 2. The Morgan fingerprint density at radius 3 is 2.80 bits per heavy atom. The predicted octanol–water partition coefficient (Wildman–Crippen LogP) is 3.83. The molecule has 10 heteroatoms.